The fourth-order valence-corrected chi connectivity index (χ4v) is 6.24. The third-order valence-corrected chi connectivity index (χ3v) is 8.88. The topological polar surface area (TPSA) is 136 Å². The van der Waals surface area contributed by atoms with Crippen LogP contribution in [0.5, 0.6) is 0 Å². The van der Waals surface area contributed by atoms with Crippen molar-refractivity contribution in [3.8, 4) is 11.6 Å². The summed E-state index contributed by atoms with van der Waals surface area (Å²) in [6, 6.07) is 0.295. The van der Waals surface area contributed by atoms with Crippen LogP contribution in [0.4, 0.5) is 11.8 Å². The molecule has 12 nitrogen and oxygen atoms in total. The SMILES string of the molecule is COCC1COCCN1c1nc2nc(-c3noc(=O)[nH]3)nc(N[C@H](C)C3CCC3)c2n1C[C@H]1CC[C@H](C)CC1. The second kappa shape index (κ2) is 11.2. The zero-order valence-electron chi connectivity index (χ0n) is 23.2. The van der Waals surface area contributed by atoms with Crippen LogP contribution in [0.3, 0.4) is 0 Å². The number of nitrogens with one attached hydrogen (secondary N) is 2. The molecular formula is C27H40N8O4. The molecule has 3 aromatic heterocycles. The number of aromatic amines is 1. The molecule has 212 valence electrons. The second-order valence-corrected chi connectivity index (χ2v) is 11.7. The Morgan fingerprint density at radius 2 is 1.97 bits per heavy atom. The molecule has 0 aromatic carbocycles. The van der Waals surface area contributed by atoms with Crippen LogP contribution in [0.2, 0.25) is 0 Å². The van der Waals surface area contributed by atoms with Crippen LogP contribution in [0.15, 0.2) is 9.32 Å². The lowest BCUT2D eigenvalue weighted by atomic mass is 9.80. The molecule has 6 rings (SSSR count). The van der Waals surface area contributed by atoms with Crippen LogP contribution >= 0.6 is 0 Å². The van der Waals surface area contributed by atoms with Gasteiger partial charge in [0, 0.05) is 26.2 Å². The fourth-order valence-electron chi connectivity index (χ4n) is 6.24. The molecule has 0 spiro atoms. The van der Waals surface area contributed by atoms with Gasteiger partial charge in [-0.2, -0.15) is 4.98 Å². The fraction of sp³-hybridized carbons (Fsp3) is 0.741. The van der Waals surface area contributed by atoms with E-state index in [0.29, 0.717) is 37.3 Å². The Labute approximate surface area is 227 Å². The third kappa shape index (κ3) is 5.41. The molecule has 2 saturated carbocycles. The number of aromatic nitrogens is 6. The van der Waals surface area contributed by atoms with E-state index < -0.39 is 5.76 Å². The van der Waals surface area contributed by atoms with Gasteiger partial charge in [0.1, 0.15) is 5.52 Å². The van der Waals surface area contributed by atoms with Gasteiger partial charge in [0.2, 0.25) is 17.6 Å². The van der Waals surface area contributed by atoms with Crippen molar-refractivity contribution < 1.29 is 14.0 Å². The first-order valence-electron chi connectivity index (χ1n) is 14.4. The molecule has 2 N–H and O–H groups in total. The molecule has 39 heavy (non-hydrogen) atoms. The highest BCUT2D eigenvalue weighted by Crippen LogP contribution is 2.37. The summed E-state index contributed by atoms with van der Waals surface area (Å²) < 4.78 is 18.5. The first-order valence-corrected chi connectivity index (χ1v) is 14.4. The van der Waals surface area contributed by atoms with Crippen molar-refractivity contribution in [1.82, 2.24) is 29.7 Å². The van der Waals surface area contributed by atoms with Crippen molar-refractivity contribution in [1.29, 1.82) is 0 Å². The Morgan fingerprint density at radius 3 is 2.67 bits per heavy atom. The Morgan fingerprint density at radius 1 is 1.15 bits per heavy atom. The van der Waals surface area contributed by atoms with Gasteiger partial charge in [-0.15, -0.1) is 0 Å². The number of rotatable bonds is 9. The van der Waals surface area contributed by atoms with E-state index in [1.54, 1.807) is 7.11 Å². The van der Waals surface area contributed by atoms with Gasteiger partial charge in [0.25, 0.3) is 0 Å². The maximum Gasteiger partial charge on any atom is 0.439 e. The maximum atomic E-state index is 11.7. The minimum absolute atomic E-state index is 0.0512. The van der Waals surface area contributed by atoms with Gasteiger partial charge in [-0.05, 0) is 50.4 Å². The Hall–Kier alpha value is -2.99. The summed E-state index contributed by atoms with van der Waals surface area (Å²) in [5.41, 5.74) is 1.47. The summed E-state index contributed by atoms with van der Waals surface area (Å²) in [4.78, 5) is 31.4. The number of fused-ring (bicyclic) bond motifs is 1. The number of nitrogens with zero attached hydrogens (tertiary/aromatic N) is 6. The lowest BCUT2D eigenvalue weighted by Gasteiger charge is -2.37. The third-order valence-electron chi connectivity index (χ3n) is 8.88. The van der Waals surface area contributed by atoms with Crippen molar-refractivity contribution in [2.45, 2.75) is 77.4 Å². The van der Waals surface area contributed by atoms with Gasteiger partial charge in [0.05, 0.1) is 25.9 Å². The molecule has 12 heteroatoms. The molecule has 1 unspecified atom stereocenters. The van der Waals surface area contributed by atoms with E-state index >= 15 is 0 Å². The number of hydrogen-bond donors (Lipinski definition) is 2. The van der Waals surface area contributed by atoms with Gasteiger partial charge in [-0.25, -0.2) is 14.8 Å². The van der Waals surface area contributed by atoms with Crippen molar-refractivity contribution in [2.75, 3.05) is 43.7 Å². The van der Waals surface area contributed by atoms with Gasteiger partial charge in [0.15, 0.2) is 11.5 Å². The molecule has 3 aliphatic rings. The zero-order chi connectivity index (χ0) is 26.9. The highest BCUT2D eigenvalue weighted by molar-refractivity contribution is 5.87. The van der Waals surface area contributed by atoms with E-state index in [2.05, 4.69) is 38.8 Å². The van der Waals surface area contributed by atoms with E-state index in [-0.39, 0.29) is 23.7 Å². The summed E-state index contributed by atoms with van der Waals surface area (Å²) >= 11 is 0. The smallest absolute Gasteiger partial charge is 0.382 e. The number of anilines is 2. The number of ether oxygens (including phenoxy) is 2. The molecule has 1 aliphatic heterocycles. The number of imidazole rings is 1. The average molecular weight is 541 g/mol. The van der Waals surface area contributed by atoms with Crippen LogP contribution in [0.25, 0.3) is 22.8 Å². The predicted molar refractivity (Wildman–Crippen MR) is 147 cm³/mol. The standard InChI is InChI=1S/C27H40N8O4/c1-16-7-9-18(10-8-16)13-35-21-22(28-17(2)19-5-4-6-19)29-24(25-32-27(36)39-33-25)30-23(21)31-26(35)34-11-12-38-15-20(34)14-37-3/h16-20H,4-15H2,1-3H3,(H,28,29,30)(H,32,33,36)/t16-,17-,18-,20?/m1/s1. The molecule has 4 heterocycles. The molecule has 1 saturated heterocycles. The van der Waals surface area contributed by atoms with Gasteiger partial charge in [-0.1, -0.05) is 31.3 Å². The average Bonchev–Trinajstić information content (AvgIpc) is 3.48. The quantitative estimate of drug-likeness (QED) is 0.415. The van der Waals surface area contributed by atoms with Gasteiger partial charge >= 0.3 is 5.76 Å². The minimum Gasteiger partial charge on any atom is -0.382 e. The van der Waals surface area contributed by atoms with Crippen molar-refractivity contribution in [3.05, 3.63) is 10.6 Å². The lowest BCUT2D eigenvalue weighted by molar-refractivity contribution is 0.0589. The van der Waals surface area contributed by atoms with E-state index in [4.69, 9.17) is 28.9 Å². The summed E-state index contributed by atoms with van der Waals surface area (Å²) in [6.07, 6.45) is 8.59. The highest BCUT2D eigenvalue weighted by Gasteiger charge is 2.32. The van der Waals surface area contributed by atoms with Gasteiger partial charge < -0.3 is 24.3 Å². The first kappa shape index (κ1) is 26.2. The van der Waals surface area contributed by atoms with Crippen LogP contribution in [0.1, 0.15) is 58.8 Å². The van der Waals surface area contributed by atoms with Crippen molar-refractivity contribution in [3.63, 3.8) is 0 Å². The largest absolute Gasteiger partial charge is 0.439 e. The number of methoxy groups -OCH3 is 1. The number of H-pyrrole nitrogens is 1. The molecule has 0 bridgehead atoms. The molecule has 3 fully saturated rings. The highest BCUT2D eigenvalue weighted by atomic mass is 16.5. The van der Waals surface area contributed by atoms with E-state index in [1.807, 2.05) is 0 Å². The van der Waals surface area contributed by atoms with Crippen LogP contribution in [-0.4, -0.2) is 75.2 Å². The summed E-state index contributed by atoms with van der Waals surface area (Å²) in [5.74, 6) is 3.37. The van der Waals surface area contributed by atoms with Crippen LogP contribution in [0, 0.1) is 17.8 Å². The molecular weight excluding hydrogens is 500 g/mol. The predicted octanol–water partition coefficient (Wildman–Crippen LogP) is 3.45. The zero-order valence-corrected chi connectivity index (χ0v) is 23.2. The molecule has 0 amide bonds. The monoisotopic (exact) mass is 540 g/mol. The normalized spacial score (nSPS) is 25.1. The molecule has 2 aliphatic carbocycles. The summed E-state index contributed by atoms with van der Waals surface area (Å²) in [7, 11) is 1.72. The van der Waals surface area contributed by atoms with Crippen LogP contribution in [-0.2, 0) is 16.0 Å². The van der Waals surface area contributed by atoms with E-state index in [9.17, 15) is 4.79 Å². The maximum absolute atomic E-state index is 11.7. The molecule has 2 atom stereocenters. The van der Waals surface area contributed by atoms with Crippen molar-refractivity contribution in [2.24, 2.45) is 17.8 Å². The Bertz CT molecular complexity index is 1320. The van der Waals surface area contributed by atoms with E-state index in [1.165, 1.54) is 44.9 Å². The van der Waals surface area contributed by atoms with E-state index in [0.717, 1.165) is 36.3 Å². The molecule has 3 aromatic rings. The number of hydrogen-bond acceptors (Lipinski definition) is 10. The van der Waals surface area contributed by atoms with Crippen LogP contribution < -0.4 is 16.0 Å². The minimum atomic E-state index is -0.639. The second-order valence-electron chi connectivity index (χ2n) is 11.7. The lowest BCUT2D eigenvalue weighted by Crippen LogP contribution is -2.49. The molecule has 0 radical (unpaired) electrons. The summed E-state index contributed by atoms with van der Waals surface area (Å²) in [6.45, 7) is 7.90. The number of morpholine rings is 1. The van der Waals surface area contributed by atoms with Crippen molar-refractivity contribution >= 4 is 22.9 Å². The Kier molecular flexibility index (Phi) is 7.57. The first-order chi connectivity index (χ1) is 19.0. The Balaban J connectivity index is 1.48. The summed E-state index contributed by atoms with van der Waals surface area (Å²) in [5, 5.41) is 7.57. The van der Waals surface area contributed by atoms with Gasteiger partial charge in [-0.3, -0.25) is 9.51 Å².